The van der Waals surface area contributed by atoms with Gasteiger partial charge < -0.3 is 0 Å². The van der Waals surface area contributed by atoms with Crippen LogP contribution in [0.1, 0.15) is 51.9 Å². The first-order valence-corrected chi connectivity index (χ1v) is 6.77. The van der Waals surface area contributed by atoms with Crippen LogP contribution in [0.2, 0.25) is 0 Å². The molecule has 0 aliphatic rings. The lowest BCUT2D eigenvalue weighted by Crippen LogP contribution is -1.80. The van der Waals surface area contributed by atoms with E-state index in [1.54, 1.807) is 0 Å². The van der Waals surface area contributed by atoms with E-state index >= 15 is 0 Å². The van der Waals surface area contributed by atoms with Crippen LogP contribution >= 0.6 is 8.58 Å². The normalized spacial score (nSPS) is 11.5. The van der Waals surface area contributed by atoms with Crippen molar-refractivity contribution < 1.29 is 0 Å². The van der Waals surface area contributed by atoms with Crippen LogP contribution in [0.3, 0.4) is 0 Å². The Kier molecular flexibility index (Phi) is 10.8. The summed E-state index contributed by atoms with van der Waals surface area (Å²) in [7, 11) is 1.17. The van der Waals surface area contributed by atoms with E-state index in [0.29, 0.717) is 0 Å². The molecule has 68 valence electrons. The Morgan fingerprint density at radius 3 is 1.91 bits per heavy atom. The van der Waals surface area contributed by atoms with Crippen LogP contribution in [-0.4, -0.2) is 12.8 Å². The zero-order valence-electron chi connectivity index (χ0n) is 8.16. The fraction of sp³-hybridized carbons (Fsp3) is 1.00. The highest BCUT2D eigenvalue weighted by Gasteiger charge is 1.88. The fourth-order valence-electron chi connectivity index (χ4n) is 1.26. The number of hydrogen-bond acceptors (Lipinski definition) is 0. The van der Waals surface area contributed by atoms with Crippen molar-refractivity contribution in [2.45, 2.75) is 51.9 Å². The molecule has 0 nitrogen and oxygen atoms in total. The summed E-state index contributed by atoms with van der Waals surface area (Å²) >= 11 is 0. The molecular formula is C10H23P. The first-order chi connectivity index (χ1) is 5.41. The zero-order valence-corrected chi connectivity index (χ0v) is 9.16. The molecule has 0 rings (SSSR count). The molecule has 0 bridgehead atoms. The summed E-state index contributed by atoms with van der Waals surface area (Å²) in [5.74, 6) is 0. The van der Waals surface area contributed by atoms with Crippen molar-refractivity contribution in [2.24, 2.45) is 0 Å². The van der Waals surface area contributed by atoms with Crippen LogP contribution in [0, 0.1) is 0 Å². The Hall–Kier alpha value is 0.430. The molecule has 0 fully saturated rings. The SMILES string of the molecule is CCCCCCCCCPC. The predicted molar refractivity (Wildman–Crippen MR) is 57.1 cm³/mol. The van der Waals surface area contributed by atoms with Crippen LogP contribution in [0.25, 0.3) is 0 Å². The largest absolute Gasteiger partial charge is 0.125 e. The van der Waals surface area contributed by atoms with Gasteiger partial charge in [-0.3, -0.25) is 0 Å². The van der Waals surface area contributed by atoms with Crippen molar-refractivity contribution in [1.82, 2.24) is 0 Å². The maximum Gasteiger partial charge on any atom is -0.0356 e. The molecule has 0 heterocycles. The zero-order chi connectivity index (χ0) is 8.36. The van der Waals surface area contributed by atoms with Crippen LogP contribution < -0.4 is 0 Å². The molecule has 0 aromatic carbocycles. The molecule has 0 saturated heterocycles. The van der Waals surface area contributed by atoms with Gasteiger partial charge in [-0.05, 0) is 19.2 Å². The molecular weight excluding hydrogens is 151 g/mol. The highest BCUT2D eigenvalue weighted by Crippen LogP contribution is 2.11. The number of hydrogen-bond donors (Lipinski definition) is 0. The molecule has 1 heteroatoms. The summed E-state index contributed by atoms with van der Waals surface area (Å²) in [4.78, 5) is 0. The van der Waals surface area contributed by atoms with Crippen LogP contribution in [0.15, 0.2) is 0 Å². The highest BCUT2D eigenvalue weighted by molar-refractivity contribution is 7.36. The lowest BCUT2D eigenvalue weighted by molar-refractivity contribution is 0.603. The van der Waals surface area contributed by atoms with Gasteiger partial charge in [0.15, 0.2) is 0 Å². The summed E-state index contributed by atoms with van der Waals surface area (Å²) in [6.07, 6.45) is 11.6. The summed E-state index contributed by atoms with van der Waals surface area (Å²) < 4.78 is 0. The molecule has 0 aliphatic carbocycles. The minimum Gasteiger partial charge on any atom is -0.125 e. The van der Waals surface area contributed by atoms with E-state index in [2.05, 4.69) is 13.6 Å². The van der Waals surface area contributed by atoms with E-state index in [1.807, 2.05) is 0 Å². The third-order valence-electron chi connectivity index (χ3n) is 2.03. The van der Waals surface area contributed by atoms with Gasteiger partial charge >= 0.3 is 0 Å². The van der Waals surface area contributed by atoms with Crippen molar-refractivity contribution in [1.29, 1.82) is 0 Å². The van der Waals surface area contributed by atoms with E-state index in [9.17, 15) is 0 Å². The quantitative estimate of drug-likeness (QED) is 0.385. The number of unbranched alkanes of at least 4 members (excludes halogenated alkanes) is 6. The lowest BCUT2D eigenvalue weighted by atomic mass is 10.1. The Morgan fingerprint density at radius 2 is 1.36 bits per heavy atom. The molecule has 11 heavy (non-hydrogen) atoms. The van der Waals surface area contributed by atoms with Gasteiger partial charge in [-0.15, -0.1) is 8.58 Å². The maximum atomic E-state index is 2.30. The summed E-state index contributed by atoms with van der Waals surface area (Å²) in [6.45, 7) is 4.58. The molecule has 0 saturated carbocycles. The van der Waals surface area contributed by atoms with Crippen molar-refractivity contribution in [2.75, 3.05) is 12.8 Å². The summed E-state index contributed by atoms with van der Waals surface area (Å²) in [5, 5.41) is 0. The maximum absolute atomic E-state index is 2.30. The molecule has 0 aromatic rings. The molecule has 0 amide bonds. The fourth-order valence-corrected chi connectivity index (χ4v) is 1.86. The second-order valence-electron chi connectivity index (χ2n) is 3.22. The Bertz CT molecular complexity index is 53.9. The first-order valence-electron chi connectivity index (χ1n) is 5.06. The monoisotopic (exact) mass is 174 g/mol. The van der Waals surface area contributed by atoms with E-state index in [-0.39, 0.29) is 0 Å². The van der Waals surface area contributed by atoms with Crippen molar-refractivity contribution in [3.05, 3.63) is 0 Å². The average Bonchev–Trinajstić information content (AvgIpc) is 2.03. The third-order valence-corrected chi connectivity index (χ3v) is 2.88. The molecule has 0 aliphatic heterocycles. The van der Waals surface area contributed by atoms with E-state index in [4.69, 9.17) is 0 Å². The highest BCUT2D eigenvalue weighted by atomic mass is 31.1. The smallest absolute Gasteiger partial charge is 0.0356 e. The third kappa shape index (κ3) is 10.4. The second-order valence-corrected chi connectivity index (χ2v) is 4.43. The van der Waals surface area contributed by atoms with Gasteiger partial charge in [-0.25, -0.2) is 0 Å². The minimum absolute atomic E-state index is 1.17. The van der Waals surface area contributed by atoms with Gasteiger partial charge in [0.25, 0.3) is 0 Å². The van der Waals surface area contributed by atoms with Crippen molar-refractivity contribution in [3.63, 3.8) is 0 Å². The molecule has 0 N–H and O–H groups in total. The van der Waals surface area contributed by atoms with Crippen LogP contribution in [0.4, 0.5) is 0 Å². The molecule has 0 aromatic heterocycles. The topological polar surface area (TPSA) is 0 Å². The Labute approximate surface area is 73.9 Å². The van der Waals surface area contributed by atoms with Crippen LogP contribution in [0.5, 0.6) is 0 Å². The molecule has 1 unspecified atom stereocenters. The Balaban J connectivity index is 2.69. The first kappa shape index (κ1) is 11.4. The van der Waals surface area contributed by atoms with Gasteiger partial charge in [0.2, 0.25) is 0 Å². The van der Waals surface area contributed by atoms with Gasteiger partial charge in [-0.1, -0.05) is 45.4 Å². The molecule has 0 spiro atoms. The predicted octanol–water partition coefficient (Wildman–Crippen LogP) is 4.05. The minimum atomic E-state index is 1.17. The molecule has 1 atom stereocenters. The molecule has 0 radical (unpaired) electrons. The summed E-state index contributed by atoms with van der Waals surface area (Å²) in [6, 6.07) is 0. The standard InChI is InChI=1S/C10H23P/c1-3-4-5-6-7-8-9-10-11-2/h11H,3-10H2,1-2H3. The Morgan fingerprint density at radius 1 is 0.818 bits per heavy atom. The second kappa shape index (κ2) is 10.4. The number of rotatable bonds is 8. The van der Waals surface area contributed by atoms with Crippen molar-refractivity contribution >= 4 is 8.58 Å². The average molecular weight is 174 g/mol. The van der Waals surface area contributed by atoms with E-state index < -0.39 is 0 Å². The van der Waals surface area contributed by atoms with E-state index in [1.165, 1.54) is 59.7 Å². The van der Waals surface area contributed by atoms with Gasteiger partial charge in [0.1, 0.15) is 0 Å². The summed E-state index contributed by atoms with van der Waals surface area (Å²) in [5.41, 5.74) is 0. The van der Waals surface area contributed by atoms with Gasteiger partial charge in [-0.2, -0.15) is 0 Å². The van der Waals surface area contributed by atoms with Gasteiger partial charge in [0.05, 0.1) is 0 Å². The van der Waals surface area contributed by atoms with Gasteiger partial charge in [0, 0.05) is 0 Å². The lowest BCUT2D eigenvalue weighted by Gasteiger charge is -1.99. The van der Waals surface area contributed by atoms with Crippen molar-refractivity contribution in [3.8, 4) is 0 Å². The van der Waals surface area contributed by atoms with Crippen LogP contribution in [-0.2, 0) is 0 Å². The van der Waals surface area contributed by atoms with E-state index in [0.717, 1.165) is 0 Å².